The molecule has 0 saturated carbocycles. The van der Waals surface area contributed by atoms with Gasteiger partial charge in [-0.05, 0) is 17.6 Å². The van der Waals surface area contributed by atoms with Crippen molar-refractivity contribution in [3.05, 3.63) is 54.1 Å². The molecule has 2 amide bonds. The maximum Gasteiger partial charge on any atom is 0.238 e. The lowest BCUT2D eigenvalue weighted by Crippen LogP contribution is -2.50. The number of nitrogens with one attached hydrogen (secondary N) is 2. The molecule has 6 heteroatoms. The molecule has 22 heavy (non-hydrogen) atoms. The fraction of sp³-hybridized carbons (Fsp3) is 0.188. The summed E-state index contributed by atoms with van der Waals surface area (Å²) in [5.41, 5.74) is 11.3. The van der Waals surface area contributed by atoms with Gasteiger partial charge in [-0.1, -0.05) is 48.6 Å². The van der Waals surface area contributed by atoms with Gasteiger partial charge in [0.25, 0.3) is 0 Å². The van der Waals surface area contributed by atoms with E-state index in [1.807, 2.05) is 36.4 Å². The predicted octanol–water partition coefficient (Wildman–Crippen LogP) is 0.554. The topological polar surface area (TPSA) is 122 Å². The second-order valence-electron chi connectivity index (χ2n) is 5.10. The summed E-state index contributed by atoms with van der Waals surface area (Å²) in [7, 11) is 0. The molecule has 0 heterocycles. The summed E-state index contributed by atoms with van der Waals surface area (Å²) in [6.45, 7) is -0.281. The molecule has 0 fully saturated rings. The Balaban J connectivity index is 2.21. The van der Waals surface area contributed by atoms with Crippen LogP contribution in [0.5, 0.6) is 0 Å². The highest BCUT2D eigenvalue weighted by atomic mass is 16.2. The third-order valence-electron chi connectivity index (χ3n) is 3.61. The minimum Gasteiger partial charge on any atom is -0.386 e. The summed E-state index contributed by atoms with van der Waals surface area (Å²) < 4.78 is 0. The van der Waals surface area contributed by atoms with Crippen molar-refractivity contribution >= 4 is 23.2 Å². The minimum atomic E-state index is -1.27. The Morgan fingerprint density at radius 3 is 2.41 bits per heavy atom. The smallest absolute Gasteiger partial charge is 0.238 e. The molecular weight excluding hydrogens is 280 g/mol. The van der Waals surface area contributed by atoms with Crippen LogP contribution in [-0.4, -0.2) is 24.2 Å². The van der Waals surface area contributed by atoms with Crippen molar-refractivity contribution in [1.82, 2.24) is 5.32 Å². The fourth-order valence-electron chi connectivity index (χ4n) is 2.30. The average molecular weight is 298 g/mol. The molecule has 1 atom stereocenters. The third-order valence-corrected chi connectivity index (χ3v) is 3.61. The zero-order valence-electron chi connectivity index (χ0n) is 12.0. The van der Waals surface area contributed by atoms with Gasteiger partial charge >= 0.3 is 0 Å². The number of allylic oxidation sites excluding steroid dienone is 3. The second kappa shape index (κ2) is 6.26. The van der Waals surface area contributed by atoms with Crippen LogP contribution in [0, 0.1) is 10.8 Å². The second-order valence-corrected chi connectivity index (χ2v) is 5.10. The first-order chi connectivity index (χ1) is 10.5. The quantitative estimate of drug-likeness (QED) is 0.469. The Kier molecular flexibility index (Phi) is 4.41. The summed E-state index contributed by atoms with van der Waals surface area (Å²) in [6.07, 6.45) is 5.49. The summed E-state index contributed by atoms with van der Waals surface area (Å²) >= 11 is 0. The van der Waals surface area contributed by atoms with E-state index in [0.29, 0.717) is 0 Å². The maximum atomic E-state index is 12.3. The van der Waals surface area contributed by atoms with Gasteiger partial charge < -0.3 is 16.8 Å². The van der Waals surface area contributed by atoms with E-state index in [2.05, 4.69) is 5.32 Å². The number of rotatable bonds is 5. The van der Waals surface area contributed by atoms with Crippen molar-refractivity contribution in [2.75, 3.05) is 6.54 Å². The molecule has 0 aromatic heterocycles. The van der Waals surface area contributed by atoms with Crippen molar-refractivity contribution in [3.63, 3.8) is 0 Å². The summed E-state index contributed by atoms with van der Waals surface area (Å²) in [5.74, 6) is -1.42. The minimum absolute atomic E-state index is 0.258. The van der Waals surface area contributed by atoms with Gasteiger partial charge in [0.05, 0.1) is 6.54 Å². The van der Waals surface area contributed by atoms with Crippen molar-refractivity contribution in [3.8, 4) is 0 Å². The molecule has 1 aromatic rings. The van der Waals surface area contributed by atoms with Crippen LogP contribution >= 0.6 is 0 Å². The summed E-state index contributed by atoms with van der Waals surface area (Å²) in [6, 6.07) is 9.70. The van der Waals surface area contributed by atoms with Crippen LogP contribution in [0.15, 0.2) is 48.6 Å². The molecule has 114 valence electrons. The number of nitrogens with two attached hydrogens (primary N) is 2. The SMILES string of the molecule is N=C(N)C1(C(=O)NCC(N)=O)C=CC(c2ccccc2)=CC1. The van der Waals surface area contributed by atoms with E-state index in [1.54, 1.807) is 12.2 Å². The Hall–Kier alpha value is -2.89. The standard InChI is InChI=1S/C16H18N4O2/c17-13(21)10-20-15(22)16(14(18)19)8-6-12(7-9-16)11-4-2-1-3-5-11/h1-8H,9-10H2,(H2,17,21)(H3,18,19)(H,20,22). The van der Waals surface area contributed by atoms with E-state index < -0.39 is 17.2 Å². The number of amidine groups is 1. The molecule has 1 unspecified atom stereocenters. The van der Waals surface area contributed by atoms with Crippen LogP contribution in [0.4, 0.5) is 0 Å². The molecule has 6 nitrogen and oxygen atoms in total. The zero-order chi connectivity index (χ0) is 16.2. The van der Waals surface area contributed by atoms with Crippen molar-refractivity contribution < 1.29 is 9.59 Å². The van der Waals surface area contributed by atoms with E-state index in [4.69, 9.17) is 16.9 Å². The van der Waals surface area contributed by atoms with E-state index in [-0.39, 0.29) is 18.8 Å². The van der Waals surface area contributed by atoms with E-state index in [1.165, 1.54) is 0 Å². The lowest BCUT2D eigenvalue weighted by Gasteiger charge is -2.29. The van der Waals surface area contributed by atoms with Gasteiger partial charge in [0.2, 0.25) is 11.8 Å². The summed E-state index contributed by atoms with van der Waals surface area (Å²) in [5, 5.41) is 10.2. The Labute approximate surface area is 128 Å². The van der Waals surface area contributed by atoms with E-state index >= 15 is 0 Å². The molecule has 1 aromatic carbocycles. The molecule has 1 aliphatic carbocycles. The summed E-state index contributed by atoms with van der Waals surface area (Å²) in [4.78, 5) is 23.1. The number of amides is 2. The number of carbonyl (C=O) groups excluding carboxylic acids is 2. The van der Waals surface area contributed by atoms with Crippen LogP contribution in [-0.2, 0) is 9.59 Å². The van der Waals surface area contributed by atoms with Gasteiger partial charge in [0, 0.05) is 0 Å². The normalized spacial score (nSPS) is 20.1. The van der Waals surface area contributed by atoms with Gasteiger partial charge in [0.1, 0.15) is 11.3 Å². The van der Waals surface area contributed by atoms with Gasteiger partial charge in [-0.2, -0.15) is 0 Å². The average Bonchev–Trinajstić information content (AvgIpc) is 2.53. The maximum absolute atomic E-state index is 12.3. The van der Waals surface area contributed by atoms with Gasteiger partial charge in [0.15, 0.2) is 0 Å². The highest BCUT2D eigenvalue weighted by molar-refractivity contribution is 6.09. The molecule has 0 aliphatic heterocycles. The molecule has 6 N–H and O–H groups in total. The Morgan fingerprint density at radius 1 is 1.23 bits per heavy atom. The Morgan fingerprint density at radius 2 is 1.91 bits per heavy atom. The molecule has 0 bridgehead atoms. The highest BCUT2D eigenvalue weighted by Gasteiger charge is 2.40. The zero-order valence-corrected chi connectivity index (χ0v) is 12.0. The van der Waals surface area contributed by atoms with E-state index in [0.717, 1.165) is 11.1 Å². The van der Waals surface area contributed by atoms with Crippen LogP contribution in [0.1, 0.15) is 12.0 Å². The molecular formula is C16H18N4O2. The number of hydrogen-bond donors (Lipinski definition) is 4. The fourth-order valence-corrected chi connectivity index (χ4v) is 2.30. The van der Waals surface area contributed by atoms with Crippen LogP contribution in [0.3, 0.4) is 0 Å². The predicted molar refractivity (Wildman–Crippen MR) is 84.7 cm³/mol. The first-order valence-electron chi connectivity index (χ1n) is 6.81. The number of benzene rings is 1. The van der Waals surface area contributed by atoms with Crippen LogP contribution in [0.25, 0.3) is 5.57 Å². The van der Waals surface area contributed by atoms with Crippen molar-refractivity contribution in [2.24, 2.45) is 16.9 Å². The largest absolute Gasteiger partial charge is 0.386 e. The number of hydrogen-bond acceptors (Lipinski definition) is 3. The van der Waals surface area contributed by atoms with Crippen molar-refractivity contribution in [2.45, 2.75) is 6.42 Å². The molecule has 0 spiro atoms. The lowest BCUT2D eigenvalue weighted by atomic mass is 9.77. The van der Waals surface area contributed by atoms with E-state index in [9.17, 15) is 9.59 Å². The third kappa shape index (κ3) is 3.06. The van der Waals surface area contributed by atoms with Gasteiger partial charge in [-0.3, -0.25) is 15.0 Å². The van der Waals surface area contributed by atoms with Gasteiger partial charge in [-0.15, -0.1) is 0 Å². The van der Waals surface area contributed by atoms with Gasteiger partial charge in [-0.25, -0.2) is 0 Å². The van der Waals surface area contributed by atoms with Crippen LogP contribution < -0.4 is 16.8 Å². The molecule has 2 rings (SSSR count). The monoisotopic (exact) mass is 298 g/mol. The Bertz CT molecular complexity index is 664. The van der Waals surface area contributed by atoms with Crippen LogP contribution in [0.2, 0.25) is 0 Å². The molecule has 0 saturated heterocycles. The number of primary amides is 1. The lowest BCUT2D eigenvalue weighted by molar-refractivity contribution is -0.128. The first-order valence-corrected chi connectivity index (χ1v) is 6.81. The molecule has 1 aliphatic rings. The molecule has 0 radical (unpaired) electrons. The first kappa shape index (κ1) is 15.5. The highest BCUT2D eigenvalue weighted by Crippen LogP contribution is 2.33. The van der Waals surface area contributed by atoms with Crippen molar-refractivity contribution in [1.29, 1.82) is 5.41 Å². The number of carbonyl (C=O) groups is 2.